The third-order valence-corrected chi connectivity index (χ3v) is 5.17. The van der Waals surface area contributed by atoms with Crippen molar-refractivity contribution in [2.24, 2.45) is 0 Å². The highest BCUT2D eigenvalue weighted by atomic mass is 35.5. The van der Waals surface area contributed by atoms with Crippen LogP contribution in [0.25, 0.3) is 39.5 Å². The fourth-order valence-electron chi connectivity index (χ4n) is 3.49. The molecule has 3 heterocycles. The number of aryl methyl sites for hydroxylation is 2. The lowest BCUT2D eigenvalue weighted by atomic mass is 9.97. The van der Waals surface area contributed by atoms with E-state index in [1.54, 1.807) is 37.4 Å². The molecule has 0 radical (unpaired) electrons. The lowest BCUT2D eigenvalue weighted by Gasteiger charge is -2.10. The maximum atomic E-state index is 13.0. The van der Waals surface area contributed by atoms with Crippen molar-refractivity contribution < 1.29 is 4.52 Å². The molecule has 2 aliphatic rings. The maximum Gasteiger partial charge on any atom is 0.282 e. The Bertz CT molecular complexity index is 1400. The Morgan fingerprint density at radius 2 is 1.83 bits per heavy atom. The van der Waals surface area contributed by atoms with Gasteiger partial charge >= 0.3 is 0 Å². The Balaban J connectivity index is 1.70. The van der Waals surface area contributed by atoms with E-state index in [4.69, 9.17) is 16.1 Å². The number of aromatic nitrogens is 5. The highest BCUT2D eigenvalue weighted by Gasteiger charge is 2.22. The van der Waals surface area contributed by atoms with Crippen LogP contribution in [0.1, 0.15) is 11.5 Å². The van der Waals surface area contributed by atoms with Crippen molar-refractivity contribution in [2.45, 2.75) is 13.8 Å². The average molecular weight is 418 g/mol. The molecule has 7 nitrogen and oxygen atoms in total. The summed E-state index contributed by atoms with van der Waals surface area (Å²) >= 11 is 5.98. The van der Waals surface area contributed by atoms with Gasteiger partial charge in [0.1, 0.15) is 5.69 Å². The zero-order chi connectivity index (χ0) is 20.8. The average Bonchev–Trinajstić information content (AvgIpc) is 3.32. The molecule has 148 valence electrons. The molecule has 0 aliphatic carbocycles. The fourth-order valence-corrected chi connectivity index (χ4v) is 3.62. The number of rotatable bonds is 3. The van der Waals surface area contributed by atoms with E-state index < -0.39 is 0 Å². The summed E-state index contributed by atoms with van der Waals surface area (Å²) in [5, 5.41) is 9.10. The zero-order valence-electron chi connectivity index (χ0n) is 16.2. The predicted molar refractivity (Wildman–Crippen MR) is 114 cm³/mol. The lowest BCUT2D eigenvalue weighted by Crippen LogP contribution is -2.14. The Morgan fingerprint density at radius 3 is 2.57 bits per heavy atom. The van der Waals surface area contributed by atoms with Gasteiger partial charge in [0, 0.05) is 28.0 Å². The summed E-state index contributed by atoms with van der Waals surface area (Å²) in [4.78, 5) is 20.5. The Morgan fingerprint density at radius 1 is 1.07 bits per heavy atom. The molecule has 1 N–H and O–H groups in total. The minimum atomic E-state index is -0.200. The molecule has 0 unspecified atom stereocenters. The molecule has 0 amide bonds. The molecule has 3 aromatic rings. The number of hydrogen-bond acceptors (Lipinski definition) is 5. The van der Waals surface area contributed by atoms with Crippen LogP contribution in [-0.2, 0) is 0 Å². The number of pyridine rings is 1. The fraction of sp³-hybridized carbons (Fsp3) is 0.0909. The van der Waals surface area contributed by atoms with Gasteiger partial charge < -0.3 is 9.51 Å². The van der Waals surface area contributed by atoms with Gasteiger partial charge in [-0.1, -0.05) is 28.9 Å². The minimum absolute atomic E-state index is 0.200. The van der Waals surface area contributed by atoms with Gasteiger partial charge in [-0.3, -0.25) is 4.79 Å². The van der Waals surface area contributed by atoms with Gasteiger partial charge in [-0.05, 0) is 55.8 Å². The van der Waals surface area contributed by atoms with Crippen molar-refractivity contribution in [3.63, 3.8) is 0 Å². The van der Waals surface area contributed by atoms with E-state index in [0.29, 0.717) is 33.7 Å². The van der Waals surface area contributed by atoms with Gasteiger partial charge in [0.25, 0.3) is 11.4 Å². The summed E-state index contributed by atoms with van der Waals surface area (Å²) in [7, 11) is 0. The monoisotopic (exact) mass is 417 g/mol. The number of fused-ring (bicyclic) bond motifs is 1. The summed E-state index contributed by atoms with van der Waals surface area (Å²) in [5.41, 5.74) is 4.99. The van der Waals surface area contributed by atoms with Crippen LogP contribution in [0.5, 0.6) is 0 Å². The molecule has 2 aliphatic heterocycles. The number of benzene rings is 2. The van der Waals surface area contributed by atoms with Crippen LogP contribution in [0, 0.1) is 13.8 Å². The number of nitrogens with one attached hydrogen (secondary N) is 1. The first kappa shape index (κ1) is 18.3. The van der Waals surface area contributed by atoms with Crippen LogP contribution in [0.2, 0.25) is 5.02 Å². The van der Waals surface area contributed by atoms with Crippen LogP contribution in [-0.4, -0.2) is 24.9 Å². The highest BCUT2D eigenvalue weighted by molar-refractivity contribution is 6.30. The zero-order valence-corrected chi connectivity index (χ0v) is 16.9. The van der Waals surface area contributed by atoms with Gasteiger partial charge in [0.2, 0.25) is 0 Å². The summed E-state index contributed by atoms with van der Waals surface area (Å²) in [6.45, 7) is 3.72. The molecule has 0 saturated carbocycles. The molecule has 30 heavy (non-hydrogen) atoms. The molecular weight excluding hydrogens is 402 g/mol. The smallest absolute Gasteiger partial charge is 0.282 e. The Kier molecular flexibility index (Phi) is 4.25. The molecule has 0 bridgehead atoms. The normalized spacial score (nSPS) is 11.3. The molecule has 0 saturated heterocycles. The van der Waals surface area contributed by atoms with Crippen molar-refractivity contribution in [1.82, 2.24) is 24.9 Å². The molecule has 1 aromatic heterocycles. The highest BCUT2D eigenvalue weighted by Crippen LogP contribution is 2.34. The second-order valence-electron chi connectivity index (χ2n) is 6.97. The lowest BCUT2D eigenvalue weighted by molar-refractivity contribution is 0.425. The third-order valence-electron chi connectivity index (χ3n) is 4.92. The van der Waals surface area contributed by atoms with Crippen molar-refractivity contribution in [3.8, 4) is 39.5 Å². The standard InChI is InChI=1S/C22H16ClN5O2/c1-12-19(14-4-3-5-15(10-14)21-25-13(2)27-30-21)20-18(11-24-12)22(29)28(26-20)17-8-6-16(23)7-9-17/h3-11,24H,1-2H3. The number of nitrogens with zero attached hydrogens (tertiary/aromatic N) is 4. The summed E-state index contributed by atoms with van der Waals surface area (Å²) < 4.78 is 6.69. The van der Waals surface area contributed by atoms with E-state index in [1.165, 1.54) is 4.68 Å². The van der Waals surface area contributed by atoms with E-state index in [0.717, 1.165) is 22.4 Å². The number of aromatic amines is 1. The molecule has 0 spiro atoms. The van der Waals surface area contributed by atoms with E-state index in [-0.39, 0.29) is 5.56 Å². The second kappa shape index (κ2) is 6.96. The van der Waals surface area contributed by atoms with Gasteiger partial charge in [0.15, 0.2) is 5.82 Å². The van der Waals surface area contributed by atoms with E-state index in [2.05, 4.69) is 20.2 Å². The molecule has 0 fully saturated rings. The molecule has 2 aromatic carbocycles. The quantitative estimate of drug-likeness (QED) is 0.461. The minimum Gasteiger partial charge on any atom is -0.364 e. The van der Waals surface area contributed by atoms with Crippen molar-refractivity contribution in [2.75, 3.05) is 0 Å². The van der Waals surface area contributed by atoms with Gasteiger partial charge in [-0.15, -0.1) is 0 Å². The maximum absolute atomic E-state index is 13.0. The molecule has 0 atom stereocenters. The predicted octanol–water partition coefficient (Wildman–Crippen LogP) is 4.65. The van der Waals surface area contributed by atoms with E-state index >= 15 is 0 Å². The third kappa shape index (κ3) is 3.00. The van der Waals surface area contributed by atoms with Crippen LogP contribution < -0.4 is 5.56 Å². The number of halogens is 1. The largest absolute Gasteiger partial charge is 0.364 e. The van der Waals surface area contributed by atoms with Crippen molar-refractivity contribution in [3.05, 3.63) is 81.6 Å². The summed E-state index contributed by atoms with van der Waals surface area (Å²) in [5.74, 6) is 1.01. The second-order valence-corrected chi connectivity index (χ2v) is 7.41. The Labute approximate surface area is 176 Å². The van der Waals surface area contributed by atoms with E-state index in [1.807, 2.05) is 31.2 Å². The first-order chi connectivity index (χ1) is 14.5. The van der Waals surface area contributed by atoms with Crippen LogP contribution in [0.15, 0.2) is 64.0 Å². The topological polar surface area (TPSA) is 89.6 Å². The Hall–Kier alpha value is -3.71. The van der Waals surface area contributed by atoms with Crippen molar-refractivity contribution in [1.29, 1.82) is 0 Å². The number of H-pyrrole nitrogens is 1. The van der Waals surface area contributed by atoms with Gasteiger partial charge in [0.05, 0.1) is 11.3 Å². The first-order valence-corrected chi connectivity index (χ1v) is 9.67. The number of hydrogen-bond donors (Lipinski definition) is 1. The molecular formula is C22H16ClN5O2. The van der Waals surface area contributed by atoms with Crippen LogP contribution in [0.4, 0.5) is 0 Å². The summed E-state index contributed by atoms with van der Waals surface area (Å²) in [6.07, 6.45) is 1.70. The van der Waals surface area contributed by atoms with Crippen LogP contribution in [0.3, 0.4) is 0 Å². The first-order valence-electron chi connectivity index (χ1n) is 9.29. The van der Waals surface area contributed by atoms with Crippen molar-refractivity contribution >= 4 is 11.6 Å². The van der Waals surface area contributed by atoms with Crippen LogP contribution >= 0.6 is 11.6 Å². The molecule has 8 heteroatoms. The molecule has 5 rings (SSSR count). The summed E-state index contributed by atoms with van der Waals surface area (Å²) in [6, 6.07) is 14.7. The van der Waals surface area contributed by atoms with Gasteiger partial charge in [-0.2, -0.15) is 14.8 Å². The van der Waals surface area contributed by atoms with Gasteiger partial charge in [-0.25, -0.2) is 0 Å². The SMILES string of the molecule is Cc1noc(-c2cccc(-c3c4nn(-c5ccc(Cl)cc5)c(=O)c-4c[nH]c3C)c2)n1. The van der Waals surface area contributed by atoms with E-state index in [9.17, 15) is 4.79 Å².